The maximum atomic E-state index is 13.0. The maximum absolute atomic E-state index is 13.0. The molecule has 1 aromatic carbocycles. The fraction of sp³-hybridized carbons (Fsp3) is 0.667. The highest BCUT2D eigenvalue weighted by atomic mass is 16.5. The molecular weight excluding hydrogens is 314 g/mol. The summed E-state index contributed by atoms with van der Waals surface area (Å²) in [6.45, 7) is 5.57. The van der Waals surface area contributed by atoms with Gasteiger partial charge in [-0.15, -0.1) is 0 Å². The zero-order valence-electron chi connectivity index (χ0n) is 16.0. The number of benzene rings is 1. The first-order chi connectivity index (χ1) is 11.8. The topological polar surface area (TPSA) is 49.8 Å². The number of phenolic OH excluding ortho intramolecular Hbond substituents is 1. The molecule has 3 atom stereocenters. The minimum atomic E-state index is -0.442. The average molecular weight is 345 g/mol. The van der Waals surface area contributed by atoms with Crippen LogP contribution in [0.3, 0.4) is 0 Å². The lowest BCUT2D eigenvalue weighted by Crippen LogP contribution is -2.53. The molecule has 0 bridgehead atoms. The molecule has 138 valence electrons. The van der Waals surface area contributed by atoms with Crippen LogP contribution < -0.4 is 0 Å². The van der Waals surface area contributed by atoms with Crippen molar-refractivity contribution in [2.75, 3.05) is 27.2 Å². The highest BCUT2D eigenvalue weighted by molar-refractivity contribution is 5.77. The highest BCUT2D eigenvalue weighted by Gasteiger charge is 2.55. The quantitative estimate of drug-likeness (QED) is 0.849. The third kappa shape index (κ3) is 3.17. The summed E-state index contributed by atoms with van der Waals surface area (Å²) in [5, 5.41) is 10.0. The number of hydrogen-bond donors (Lipinski definition) is 1. The van der Waals surface area contributed by atoms with Gasteiger partial charge in [-0.25, -0.2) is 0 Å². The number of carbonyl (C=O) groups is 1. The maximum Gasteiger partial charge on any atom is 0.312 e. The Morgan fingerprint density at radius 2 is 2.08 bits per heavy atom. The predicted octanol–water partition coefficient (Wildman–Crippen LogP) is 3.51. The van der Waals surface area contributed by atoms with Gasteiger partial charge in [0.25, 0.3) is 0 Å². The Balaban J connectivity index is 1.88. The van der Waals surface area contributed by atoms with Crippen molar-refractivity contribution < 1.29 is 14.6 Å². The van der Waals surface area contributed by atoms with E-state index in [1.165, 1.54) is 11.1 Å². The summed E-state index contributed by atoms with van der Waals surface area (Å²) in [5.41, 5.74) is 2.04. The van der Waals surface area contributed by atoms with Crippen molar-refractivity contribution in [3.05, 3.63) is 29.3 Å². The smallest absolute Gasteiger partial charge is 0.312 e. The van der Waals surface area contributed by atoms with Crippen molar-refractivity contribution in [1.29, 1.82) is 0 Å². The summed E-state index contributed by atoms with van der Waals surface area (Å²) in [6.07, 6.45) is 4.95. The summed E-state index contributed by atoms with van der Waals surface area (Å²) in [7, 11) is 3.97. The molecule has 0 aromatic heterocycles. The SMILES string of the molecule is CN(C)CCOC(=O)[C@]1(C)CCC[C@]2(C)c3cc(O)ccc3CC[C@@H]12. The van der Waals surface area contributed by atoms with Gasteiger partial charge in [-0.1, -0.05) is 19.4 Å². The molecule has 0 saturated heterocycles. The van der Waals surface area contributed by atoms with E-state index in [0.29, 0.717) is 12.4 Å². The minimum Gasteiger partial charge on any atom is -0.508 e. The lowest BCUT2D eigenvalue weighted by molar-refractivity contribution is -0.164. The van der Waals surface area contributed by atoms with Crippen molar-refractivity contribution >= 4 is 5.97 Å². The normalized spacial score (nSPS) is 31.3. The summed E-state index contributed by atoms with van der Waals surface area (Å²) in [5.74, 6) is 0.533. The van der Waals surface area contributed by atoms with Crippen molar-refractivity contribution in [2.45, 2.75) is 51.4 Å². The fourth-order valence-electron chi connectivity index (χ4n) is 5.18. The van der Waals surface area contributed by atoms with Crippen molar-refractivity contribution in [3.8, 4) is 5.75 Å². The molecule has 0 aliphatic heterocycles. The van der Waals surface area contributed by atoms with E-state index in [0.717, 1.165) is 38.6 Å². The number of aromatic hydroxyl groups is 1. The number of ether oxygens (including phenoxy) is 1. The Hall–Kier alpha value is -1.55. The zero-order valence-corrected chi connectivity index (χ0v) is 16.0. The number of likely N-dealkylation sites (N-methyl/N-ethyl adjacent to an activating group) is 1. The monoisotopic (exact) mass is 345 g/mol. The summed E-state index contributed by atoms with van der Waals surface area (Å²) < 4.78 is 5.67. The molecule has 3 rings (SSSR count). The van der Waals surface area contributed by atoms with Crippen LogP contribution in [-0.2, 0) is 21.4 Å². The van der Waals surface area contributed by atoms with Gasteiger partial charge in [-0.2, -0.15) is 0 Å². The molecule has 2 aliphatic carbocycles. The summed E-state index contributed by atoms with van der Waals surface area (Å²) in [4.78, 5) is 15.0. The third-order valence-corrected chi connectivity index (χ3v) is 6.58. The number of aryl methyl sites for hydroxylation is 1. The number of esters is 1. The molecule has 0 radical (unpaired) electrons. The summed E-state index contributed by atoms with van der Waals surface area (Å²) in [6, 6.07) is 5.75. The Kier molecular flexibility index (Phi) is 4.84. The second kappa shape index (κ2) is 6.64. The van der Waals surface area contributed by atoms with Gasteiger partial charge >= 0.3 is 5.97 Å². The van der Waals surface area contributed by atoms with Crippen molar-refractivity contribution in [3.63, 3.8) is 0 Å². The molecule has 1 aromatic rings. The molecule has 2 aliphatic rings. The molecule has 1 saturated carbocycles. The minimum absolute atomic E-state index is 0.0473. The first-order valence-corrected chi connectivity index (χ1v) is 9.42. The van der Waals surface area contributed by atoms with Gasteiger partial charge in [0.05, 0.1) is 5.41 Å². The third-order valence-electron chi connectivity index (χ3n) is 6.58. The van der Waals surface area contributed by atoms with Gasteiger partial charge in [0.1, 0.15) is 12.4 Å². The first-order valence-electron chi connectivity index (χ1n) is 9.42. The Morgan fingerprint density at radius 3 is 2.80 bits per heavy atom. The van der Waals surface area contributed by atoms with Gasteiger partial charge < -0.3 is 14.7 Å². The number of hydrogen-bond acceptors (Lipinski definition) is 4. The molecule has 25 heavy (non-hydrogen) atoms. The second-order valence-electron chi connectivity index (χ2n) is 8.56. The van der Waals surface area contributed by atoms with Gasteiger partial charge in [0.2, 0.25) is 0 Å². The van der Waals surface area contributed by atoms with Crippen LogP contribution in [0.25, 0.3) is 0 Å². The van der Waals surface area contributed by atoms with Gasteiger partial charge in [-0.05, 0) is 81.3 Å². The van der Waals surface area contributed by atoms with E-state index in [1.54, 1.807) is 6.07 Å². The Bertz CT molecular complexity index is 657. The predicted molar refractivity (Wildman–Crippen MR) is 98.7 cm³/mol. The van der Waals surface area contributed by atoms with Crippen LogP contribution in [0.5, 0.6) is 5.75 Å². The van der Waals surface area contributed by atoms with E-state index in [2.05, 4.69) is 13.8 Å². The molecule has 0 unspecified atom stereocenters. The molecule has 0 spiro atoms. The molecule has 1 fully saturated rings. The zero-order chi connectivity index (χ0) is 18.2. The van der Waals surface area contributed by atoms with Crippen LogP contribution in [-0.4, -0.2) is 43.2 Å². The Morgan fingerprint density at radius 1 is 1.32 bits per heavy atom. The standard InChI is InChI=1S/C21H31NO3/c1-20-10-5-11-21(2,19(24)25-13-12-22(3)4)18(20)9-7-15-6-8-16(23)14-17(15)20/h6,8,14,18,23H,5,7,9-13H2,1-4H3/t18-,20-,21-/m1/s1. The number of carbonyl (C=O) groups excluding carboxylic acids is 1. The van der Waals surface area contributed by atoms with E-state index in [9.17, 15) is 9.90 Å². The molecule has 0 heterocycles. The lowest BCUT2D eigenvalue weighted by atomic mass is 9.50. The van der Waals surface area contributed by atoms with Crippen molar-refractivity contribution in [1.82, 2.24) is 4.90 Å². The number of rotatable bonds is 4. The average Bonchev–Trinajstić information content (AvgIpc) is 2.54. The van der Waals surface area contributed by atoms with Crippen molar-refractivity contribution in [2.24, 2.45) is 11.3 Å². The van der Waals surface area contributed by atoms with E-state index in [4.69, 9.17) is 4.74 Å². The largest absolute Gasteiger partial charge is 0.508 e. The van der Waals surface area contributed by atoms with Gasteiger partial charge in [0.15, 0.2) is 0 Å². The molecular formula is C21H31NO3. The molecule has 0 amide bonds. The second-order valence-corrected chi connectivity index (χ2v) is 8.56. The number of fused-ring (bicyclic) bond motifs is 3. The highest BCUT2D eigenvalue weighted by Crippen LogP contribution is 2.57. The van der Waals surface area contributed by atoms with Crippen LogP contribution in [0, 0.1) is 11.3 Å². The van der Waals surface area contributed by atoms with E-state index in [1.807, 2.05) is 31.1 Å². The van der Waals surface area contributed by atoms with E-state index >= 15 is 0 Å². The lowest BCUT2D eigenvalue weighted by Gasteiger charge is -2.54. The molecule has 1 N–H and O–H groups in total. The van der Waals surface area contributed by atoms with E-state index in [-0.39, 0.29) is 17.3 Å². The van der Waals surface area contributed by atoms with Crippen LogP contribution in [0.4, 0.5) is 0 Å². The number of phenols is 1. The fourth-order valence-corrected chi connectivity index (χ4v) is 5.18. The van der Waals surface area contributed by atoms with Crippen LogP contribution in [0.2, 0.25) is 0 Å². The van der Waals surface area contributed by atoms with Gasteiger partial charge in [0, 0.05) is 6.54 Å². The summed E-state index contributed by atoms with van der Waals surface area (Å²) >= 11 is 0. The van der Waals surface area contributed by atoms with E-state index < -0.39 is 5.41 Å². The number of nitrogens with zero attached hydrogens (tertiary/aromatic N) is 1. The van der Waals surface area contributed by atoms with Gasteiger partial charge in [-0.3, -0.25) is 4.79 Å². The first kappa shape index (κ1) is 18.2. The van der Waals surface area contributed by atoms with Crippen LogP contribution in [0.15, 0.2) is 18.2 Å². The van der Waals surface area contributed by atoms with Crippen LogP contribution >= 0.6 is 0 Å². The Labute approximate surface area is 151 Å². The van der Waals surface area contributed by atoms with Crippen LogP contribution in [0.1, 0.15) is 50.7 Å². The molecule has 4 heteroatoms. The molecule has 4 nitrogen and oxygen atoms in total.